The largest absolute Gasteiger partial charge is 0.507 e. The smallest absolute Gasteiger partial charge is 0.124 e. The van der Waals surface area contributed by atoms with Gasteiger partial charge in [0.25, 0.3) is 0 Å². The molecule has 0 radical (unpaired) electrons. The Hall–Kier alpha value is -1.06. The van der Waals surface area contributed by atoms with Gasteiger partial charge >= 0.3 is 0 Å². The lowest BCUT2D eigenvalue weighted by Crippen LogP contribution is -2.02. The van der Waals surface area contributed by atoms with Gasteiger partial charge in [-0.3, -0.25) is 4.84 Å². The number of aromatic hydroxyl groups is 1. The SMILES string of the molecule is Cc1cc(C)c(CON)c(O)c1C. The molecule has 0 aliphatic carbocycles. The summed E-state index contributed by atoms with van der Waals surface area (Å²) in [5, 5.41) is 9.75. The molecule has 0 fully saturated rings. The van der Waals surface area contributed by atoms with Gasteiger partial charge in [0.05, 0.1) is 6.61 Å². The lowest BCUT2D eigenvalue weighted by Gasteiger charge is -2.11. The summed E-state index contributed by atoms with van der Waals surface area (Å²) >= 11 is 0. The van der Waals surface area contributed by atoms with E-state index in [1.807, 2.05) is 26.8 Å². The Morgan fingerprint density at radius 1 is 1.31 bits per heavy atom. The monoisotopic (exact) mass is 181 g/mol. The van der Waals surface area contributed by atoms with Crippen molar-refractivity contribution in [2.75, 3.05) is 0 Å². The highest BCUT2D eigenvalue weighted by Crippen LogP contribution is 2.28. The van der Waals surface area contributed by atoms with E-state index in [2.05, 4.69) is 4.84 Å². The van der Waals surface area contributed by atoms with E-state index in [1.54, 1.807) is 0 Å². The first kappa shape index (κ1) is 10.0. The highest BCUT2D eigenvalue weighted by molar-refractivity contribution is 5.48. The Morgan fingerprint density at radius 3 is 2.46 bits per heavy atom. The molecule has 0 aliphatic rings. The van der Waals surface area contributed by atoms with Crippen LogP contribution in [-0.4, -0.2) is 5.11 Å². The van der Waals surface area contributed by atoms with Crippen molar-refractivity contribution >= 4 is 0 Å². The minimum atomic E-state index is 0.249. The van der Waals surface area contributed by atoms with Gasteiger partial charge in [0.2, 0.25) is 0 Å². The van der Waals surface area contributed by atoms with Crippen molar-refractivity contribution in [1.29, 1.82) is 0 Å². The van der Waals surface area contributed by atoms with Crippen LogP contribution in [0.3, 0.4) is 0 Å². The van der Waals surface area contributed by atoms with Gasteiger partial charge < -0.3 is 5.11 Å². The van der Waals surface area contributed by atoms with E-state index in [0.717, 1.165) is 22.3 Å². The summed E-state index contributed by atoms with van der Waals surface area (Å²) in [6, 6.07) is 2.02. The number of hydrogen-bond acceptors (Lipinski definition) is 3. The molecule has 1 aromatic rings. The summed E-state index contributed by atoms with van der Waals surface area (Å²) in [4.78, 5) is 4.52. The van der Waals surface area contributed by atoms with Crippen LogP contribution in [-0.2, 0) is 11.4 Å². The average Bonchev–Trinajstić information content (AvgIpc) is 2.09. The number of nitrogens with two attached hydrogens (primary N) is 1. The van der Waals surface area contributed by atoms with Gasteiger partial charge in [-0.15, -0.1) is 0 Å². The maximum atomic E-state index is 9.75. The fraction of sp³-hybridized carbons (Fsp3) is 0.400. The van der Waals surface area contributed by atoms with Crippen LogP contribution in [0.4, 0.5) is 0 Å². The molecule has 3 nitrogen and oxygen atoms in total. The average molecular weight is 181 g/mol. The number of rotatable bonds is 2. The van der Waals surface area contributed by atoms with Crippen LogP contribution in [0.5, 0.6) is 5.75 Å². The first-order valence-corrected chi connectivity index (χ1v) is 4.18. The fourth-order valence-electron chi connectivity index (χ4n) is 1.39. The van der Waals surface area contributed by atoms with E-state index in [4.69, 9.17) is 5.90 Å². The summed E-state index contributed by atoms with van der Waals surface area (Å²) in [6.07, 6.45) is 0. The molecule has 0 aliphatic heterocycles. The topological polar surface area (TPSA) is 55.5 Å². The Labute approximate surface area is 78.1 Å². The normalized spacial score (nSPS) is 10.5. The van der Waals surface area contributed by atoms with Crippen molar-refractivity contribution in [2.45, 2.75) is 27.4 Å². The van der Waals surface area contributed by atoms with Gasteiger partial charge in [-0.25, -0.2) is 5.90 Å². The zero-order valence-electron chi connectivity index (χ0n) is 8.22. The Balaban J connectivity index is 3.26. The summed E-state index contributed by atoms with van der Waals surface area (Å²) in [7, 11) is 0. The van der Waals surface area contributed by atoms with Gasteiger partial charge in [-0.05, 0) is 37.5 Å². The van der Waals surface area contributed by atoms with Gasteiger partial charge in [0, 0.05) is 5.56 Å². The van der Waals surface area contributed by atoms with Crippen molar-refractivity contribution in [2.24, 2.45) is 5.90 Å². The van der Waals surface area contributed by atoms with E-state index < -0.39 is 0 Å². The highest BCUT2D eigenvalue weighted by atomic mass is 16.6. The zero-order chi connectivity index (χ0) is 10.0. The molecule has 3 N–H and O–H groups in total. The van der Waals surface area contributed by atoms with Crippen LogP contribution in [0.2, 0.25) is 0 Å². The summed E-state index contributed by atoms with van der Waals surface area (Å²) < 4.78 is 0. The first-order chi connectivity index (χ1) is 6.07. The second-order valence-corrected chi connectivity index (χ2v) is 3.27. The molecule has 72 valence electrons. The van der Waals surface area contributed by atoms with Crippen molar-refractivity contribution in [3.8, 4) is 5.75 Å². The van der Waals surface area contributed by atoms with Gasteiger partial charge in [-0.2, -0.15) is 0 Å². The Morgan fingerprint density at radius 2 is 1.92 bits per heavy atom. The van der Waals surface area contributed by atoms with Crippen molar-refractivity contribution in [3.05, 3.63) is 28.3 Å². The molecular weight excluding hydrogens is 166 g/mol. The van der Waals surface area contributed by atoms with Crippen LogP contribution >= 0.6 is 0 Å². The Bertz CT molecular complexity index is 321. The molecule has 0 amide bonds. The molecule has 0 heterocycles. The summed E-state index contributed by atoms with van der Waals surface area (Å²) in [6.45, 7) is 6.03. The molecule has 1 rings (SSSR count). The lowest BCUT2D eigenvalue weighted by atomic mass is 10.00. The third kappa shape index (κ3) is 1.82. The maximum Gasteiger partial charge on any atom is 0.124 e. The number of hydrogen-bond donors (Lipinski definition) is 2. The molecule has 0 aromatic heterocycles. The minimum absolute atomic E-state index is 0.249. The molecule has 0 saturated carbocycles. The van der Waals surface area contributed by atoms with E-state index in [9.17, 15) is 5.11 Å². The van der Waals surface area contributed by atoms with Gasteiger partial charge in [-0.1, -0.05) is 6.07 Å². The molecule has 13 heavy (non-hydrogen) atoms. The van der Waals surface area contributed by atoms with Crippen LogP contribution in [0.1, 0.15) is 22.3 Å². The van der Waals surface area contributed by atoms with Crippen LogP contribution in [0, 0.1) is 20.8 Å². The van der Waals surface area contributed by atoms with Crippen LogP contribution < -0.4 is 5.90 Å². The zero-order valence-corrected chi connectivity index (χ0v) is 8.22. The number of benzene rings is 1. The predicted molar refractivity (Wildman–Crippen MR) is 51.3 cm³/mol. The summed E-state index contributed by atoms with van der Waals surface area (Å²) in [5.41, 5.74) is 3.74. The lowest BCUT2D eigenvalue weighted by molar-refractivity contribution is 0.121. The molecule has 3 heteroatoms. The van der Waals surface area contributed by atoms with E-state index in [0.29, 0.717) is 5.75 Å². The molecular formula is C10H15NO2. The maximum absolute atomic E-state index is 9.75. The van der Waals surface area contributed by atoms with Crippen molar-refractivity contribution in [3.63, 3.8) is 0 Å². The number of aryl methyl sites for hydroxylation is 2. The molecule has 0 atom stereocenters. The minimum Gasteiger partial charge on any atom is -0.507 e. The van der Waals surface area contributed by atoms with Gasteiger partial charge in [0.1, 0.15) is 5.75 Å². The van der Waals surface area contributed by atoms with Gasteiger partial charge in [0.15, 0.2) is 0 Å². The third-order valence-corrected chi connectivity index (χ3v) is 2.37. The van der Waals surface area contributed by atoms with Crippen molar-refractivity contribution < 1.29 is 9.94 Å². The fourth-order valence-corrected chi connectivity index (χ4v) is 1.39. The van der Waals surface area contributed by atoms with E-state index in [1.165, 1.54) is 0 Å². The van der Waals surface area contributed by atoms with E-state index >= 15 is 0 Å². The number of phenols is 1. The van der Waals surface area contributed by atoms with Crippen LogP contribution in [0.15, 0.2) is 6.07 Å². The highest BCUT2D eigenvalue weighted by Gasteiger charge is 2.09. The Kier molecular flexibility index (Phi) is 2.90. The molecule has 0 bridgehead atoms. The molecule has 1 aromatic carbocycles. The second kappa shape index (κ2) is 3.77. The standard InChI is InChI=1S/C10H15NO2/c1-6-4-7(2)9(5-13-11)10(12)8(6)3/h4,12H,5,11H2,1-3H3. The quantitative estimate of drug-likeness (QED) is 0.683. The van der Waals surface area contributed by atoms with Crippen molar-refractivity contribution in [1.82, 2.24) is 0 Å². The molecule has 0 saturated heterocycles. The first-order valence-electron chi connectivity index (χ1n) is 4.18. The van der Waals surface area contributed by atoms with Crippen LogP contribution in [0.25, 0.3) is 0 Å². The predicted octanol–water partition coefficient (Wildman–Crippen LogP) is 1.71. The second-order valence-electron chi connectivity index (χ2n) is 3.27. The molecule has 0 spiro atoms. The summed E-state index contributed by atoms with van der Waals surface area (Å²) in [5.74, 6) is 5.27. The third-order valence-electron chi connectivity index (χ3n) is 2.37. The number of phenolic OH excluding ortho intramolecular Hbond substituents is 1. The molecule has 0 unspecified atom stereocenters. The van der Waals surface area contributed by atoms with E-state index in [-0.39, 0.29) is 6.61 Å².